The minimum atomic E-state index is -0.376. The van der Waals surface area contributed by atoms with Crippen molar-refractivity contribution in [1.29, 1.82) is 0 Å². The molecule has 24 heavy (non-hydrogen) atoms. The molecule has 2 amide bonds. The fourth-order valence-corrected chi connectivity index (χ4v) is 3.96. The van der Waals surface area contributed by atoms with Crippen molar-refractivity contribution in [3.63, 3.8) is 0 Å². The zero-order chi connectivity index (χ0) is 17.9. The SMILES string of the molecule is CC(=O)Nc1nnc(SCC(=O)Nc2c(Cl)c(Cl)cc(Cl)c2Cl)s1. The Morgan fingerprint density at radius 1 is 1.12 bits per heavy atom. The van der Waals surface area contributed by atoms with Crippen molar-refractivity contribution in [3.05, 3.63) is 26.2 Å². The molecule has 0 bridgehead atoms. The molecule has 0 saturated heterocycles. The van der Waals surface area contributed by atoms with Gasteiger partial charge in [0.05, 0.1) is 31.5 Å². The number of thioether (sulfide) groups is 1. The van der Waals surface area contributed by atoms with E-state index in [0.29, 0.717) is 9.47 Å². The molecule has 0 radical (unpaired) electrons. The Bertz CT molecular complexity index is 773. The minimum Gasteiger partial charge on any atom is -0.323 e. The Morgan fingerprint density at radius 3 is 2.33 bits per heavy atom. The van der Waals surface area contributed by atoms with Gasteiger partial charge in [-0.3, -0.25) is 9.59 Å². The van der Waals surface area contributed by atoms with E-state index in [9.17, 15) is 9.59 Å². The van der Waals surface area contributed by atoms with Gasteiger partial charge in [-0.15, -0.1) is 10.2 Å². The van der Waals surface area contributed by atoms with E-state index in [0.717, 1.165) is 23.1 Å². The van der Waals surface area contributed by atoms with Crippen molar-refractivity contribution in [2.24, 2.45) is 0 Å². The molecule has 0 aliphatic carbocycles. The van der Waals surface area contributed by atoms with Gasteiger partial charge in [0.2, 0.25) is 16.9 Å². The highest BCUT2D eigenvalue weighted by Crippen LogP contribution is 2.41. The molecule has 1 aromatic heterocycles. The molecule has 2 aromatic rings. The number of anilines is 2. The van der Waals surface area contributed by atoms with Crippen LogP contribution in [0.25, 0.3) is 0 Å². The van der Waals surface area contributed by atoms with Crippen LogP contribution in [0.15, 0.2) is 10.4 Å². The Morgan fingerprint density at radius 2 is 1.75 bits per heavy atom. The van der Waals surface area contributed by atoms with Gasteiger partial charge in [0.15, 0.2) is 4.34 Å². The second kappa shape index (κ2) is 8.55. The fraction of sp³-hybridized carbons (Fsp3) is 0.167. The largest absolute Gasteiger partial charge is 0.323 e. The van der Waals surface area contributed by atoms with Crippen LogP contribution < -0.4 is 10.6 Å². The van der Waals surface area contributed by atoms with Crippen molar-refractivity contribution in [2.45, 2.75) is 11.3 Å². The molecule has 0 atom stereocenters. The number of nitrogens with one attached hydrogen (secondary N) is 2. The zero-order valence-corrected chi connectivity index (χ0v) is 16.5. The normalized spacial score (nSPS) is 10.5. The summed E-state index contributed by atoms with van der Waals surface area (Å²) < 4.78 is 0.523. The van der Waals surface area contributed by atoms with Crippen molar-refractivity contribution >= 4 is 92.1 Å². The van der Waals surface area contributed by atoms with Crippen LogP contribution in [0.2, 0.25) is 20.1 Å². The second-order valence-corrected chi connectivity index (χ2v) is 8.00. The van der Waals surface area contributed by atoms with Gasteiger partial charge in [0.1, 0.15) is 0 Å². The number of rotatable bonds is 5. The molecule has 0 spiro atoms. The number of benzene rings is 1. The average Bonchev–Trinajstić information content (AvgIpc) is 2.94. The van der Waals surface area contributed by atoms with Gasteiger partial charge in [0, 0.05) is 6.92 Å². The van der Waals surface area contributed by atoms with Crippen LogP contribution in [0.5, 0.6) is 0 Å². The summed E-state index contributed by atoms with van der Waals surface area (Å²) in [4.78, 5) is 23.0. The first-order valence-corrected chi connectivity index (χ1v) is 9.46. The average molecular weight is 446 g/mol. The van der Waals surface area contributed by atoms with Crippen LogP contribution in [-0.2, 0) is 9.59 Å². The molecule has 12 heteroatoms. The molecule has 0 saturated carbocycles. The molecule has 2 rings (SSSR count). The summed E-state index contributed by atoms with van der Waals surface area (Å²) in [5.41, 5.74) is 0.151. The number of hydrogen-bond acceptors (Lipinski definition) is 6. The van der Waals surface area contributed by atoms with E-state index in [1.165, 1.54) is 13.0 Å². The summed E-state index contributed by atoms with van der Waals surface area (Å²) in [5, 5.41) is 13.6. The molecule has 1 heterocycles. The third-order valence-corrected chi connectivity index (χ3v) is 5.94. The molecule has 1 aromatic carbocycles. The van der Waals surface area contributed by atoms with Gasteiger partial charge in [0.25, 0.3) is 0 Å². The predicted molar refractivity (Wildman–Crippen MR) is 100 cm³/mol. The first-order chi connectivity index (χ1) is 11.3. The summed E-state index contributed by atoms with van der Waals surface area (Å²) in [6.07, 6.45) is 0. The first kappa shape index (κ1) is 19.6. The number of nitrogens with zero attached hydrogens (tertiary/aromatic N) is 2. The van der Waals surface area contributed by atoms with Crippen LogP contribution in [0.1, 0.15) is 6.92 Å². The van der Waals surface area contributed by atoms with E-state index < -0.39 is 0 Å². The summed E-state index contributed by atoms with van der Waals surface area (Å²) >= 11 is 26.2. The number of carbonyl (C=O) groups excluding carboxylic acids is 2. The second-order valence-electron chi connectivity index (χ2n) is 4.23. The summed E-state index contributed by atoms with van der Waals surface area (Å²) in [5.74, 6) is -0.591. The molecular formula is C12H8Cl4N4O2S2. The van der Waals surface area contributed by atoms with Gasteiger partial charge in [-0.05, 0) is 6.07 Å². The highest BCUT2D eigenvalue weighted by Gasteiger charge is 2.17. The molecule has 0 unspecified atom stereocenters. The predicted octanol–water partition coefficient (Wildman–Crippen LogP) is 4.84. The summed E-state index contributed by atoms with van der Waals surface area (Å²) in [6.45, 7) is 1.37. The van der Waals surface area contributed by atoms with Crippen LogP contribution in [-0.4, -0.2) is 27.8 Å². The van der Waals surface area contributed by atoms with E-state index >= 15 is 0 Å². The molecule has 0 fully saturated rings. The highest BCUT2D eigenvalue weighted by atomic mass is 35.5. The molecule has 0 aliphatic rings. The lowest BCUT2D eigenvalue weighted by molar-refractivity contribution is -0.114. The lowest BCUT2D eigenvalue weighted by Crippen LogP contribution is -2.14. The van der Waals surface area contributed by atoms with Gasteiger partial charge in [-0.1, -0.05) is 69.5 Å². The van der Waals surface area contributed by atoms with Gasteiger partial charge in [-0.25, -0.2) is 0 Å². The van der Waals surface area contributed by atoms with Crippen molar-refractivity contribution in [3.8, 4) is 0 Å². The quantitative estimate of drug-likeness (QED) is 0.390. The van der Waals surface area contributed by atoms with Gasteiger partial charge >= 0.3 is 0 Å². The Kier molecular flexibility index (Phi) is 6.97. The monoisotopic (exact) mass is 444 g/mol. The standard InChI is InChI=1S/C12H8Cl4N4O2S2/c1-4(21)17-11-19-20-12(24-11)23-3-7(22)18-10-8(15)5(13)2-6(14)9(10)16/h2H,3H2,1H3,(H,18,22)(H,17,19,21). The lowest BCUT2D eigenvalue weighted by Gasteiger charge is -2.11. The maximum absolute atomic E-state index is 12.0. The topological polar surface area (TPSA) is 84.0 Å². The van der Waals surface area contributed by atoms with Gasteiger partial charge < -0.3 is 10.6 Å². The molecular weight excluding hydrogens is 438 g/mol. The highest BCUT2D eigenvalue weighted by molar-refractivity contribution is 8.01. The smallest absolute Gasteiger partial charge is 0.234 e. The number of carbonyl (C=O) groups is 2. The summed E-state index contributed by atoms with van der Waals surface area (Å²) in [7, 11) is 0. The van der Waals surface area contributed by atoms with E-state index in [4.69, 9.17) is 46.4 Å². The minimum absolute atomic E-state index is 0.0332. The van der Waals surface area contributed by atoms with E-state index in [-0.39, 0.29) is 43.3 Å². The number of aromatic nitrogens is 2. The van der Waals surface area contributed by atoms with Crippen LogP contribution in [0.3, 0.4) is 0 Å². The number of hydrogen-bond donors (Lipinski definition) is 2. The third-order valence-electron chi connectivity index (χ3n) is 2.39. The van der Waals surface area contributed by atoms with Crippen molar-refractivity contribution in [2.75, 3.05) is 16.4 Å². The zero-order valence-electron chi connectivity index (χ0n) is 11.8. The number of amides is 2. The Labute approximate surface area is 165 Å². The van der Waals surface area contributed by atoms with Crippen LogP contribution in [0, 0.1) is 0 Å². The fourth-order valence-electron chi connectivity index (χ4n) is 1.45. The van der Waals surface area contributed by atoms with Crippen LogP contribution >= 0.6 is 69.5 Å². The van der Waals surface area contributed by atoms with E-state index in [1.54, 1.807) is 0 Å². The van der Waals surface area contributed by atoms with E-state index in [1.807, 2.05) is 0 Å². The lowest BCUT2D eigenvalue weighted by atomic mass is 10.3. The van der Waals surface area contributed by atoms with Gasteiger partial charge in [-0.2, -0.15) is 0 Å². The molecule has 0 aliphatic heterocycles. The van der Waals surface area contributed by atoms with E-state index in [2.05, 4.69) is 20.8 Å². The maximum atomic E-state index is 12.0. The Hall–Kier alpha value is -0.770. The van der Waals surface area contributed by atoms with Crippen LogP contribution in [0.4, 0.5) is 10.8 Å². The Balaban J connectivity index is 1.99. The maximum Gasteiger partial charge on any atom is 0.234 e. The summed E-state index contributed by atoms with van der Waals surface area (Å²) in [6, 6.07) is 1.39. The molecule has 128 valence electrons. The van der Waals surface area contributed by atoms with Crippen molar-refractivity contribution < 1.29 is 9.59 Å². The number of halogens is 4. The molecule has 6 nitrogen and oxygen atoms in total. The molecule has 2 N–H and O–H groups in total. The first-order valence-electron chi connectivity index (χ1n) is 6.14. The van der Waals surface area contributed by atoms with Crippen molar-refractivity contribution in [1.82, 2.24) is 10.2 Å². The third kappa shape index (κ3) is 5.11.